The van der Waals surface area contributed by atoms with Crippen molar-refractivity contribution >= 4 is 44.8 Å². The number of halogens is 2. The van der Waals surface area contributed by atoms with E-state index >= 15 is 0 Å². The second-order valence-corrected chi connectivity index (χ2v) is 8.18. The molecule has 2 rings (SSSR count). The molecule has 0 bridgehead atoms. The van der Waals surface area contributed by atoms with Crippen molar-refractivity contribution in [1.29, 1.82) is 0 Å². The predicted octanol–water partition coefficient (Wildman–Crippen LogP) is 1.69. The third-order valence-corrected chi connectivity index (χ3v) is 4.96. The molecule has 1 aliphatic rings. The van der Waals surface area contributed by atoms with Crippen LogP contribution in [0.5, 0.6) is 0 Å². The second-order valence-electron chi connectivity index (χ2n) is 5.81. The molecule has 1 aromatic rings. The van der Waals surface area contributed by atoms with Crippen LogP contribution in [-0.2, 0) is 19.6 Å². The van der Waals surface area contributed by atoms with Gasteiger partial charge in [-0.1, -0.05) is 23.2 Å². The molecule has 3 N–H and O–H groups in total. The number of carbonyl (C=O) groups is 1. The summed E-state index contributed by atoms with van der Waals surface area (Å²) in [5.41, 5.74) is 0.157. The predicted molar refractivity (Wildman–Crippen MR) is 92.9 cm³/mol. The first-order chi connectivity index (χ1) is 11.1. The third kappa shape index (κ3) is 5.05. The molecule has 0 radical (unpaired) electrons. The summed E-state index contributed by atoms with van der Waals surface area (Å²) in [5, 5.41) is 7.66. The fourth-order valence-electron chi connectivity index (χ4n) is 2.63. The van der Waals surface area contributed by atoms with Gasteiger partial charge in [0.05, 0.1) is 39.4 Å². The summed E-state index contributed by atoms with van der Waals surface area (Å²) in [6.07, 6.45) is 0.0885. The topological polar surface area (TPSA) is 102 Å². The van der Waals surface area contributed by atoms with Crippen LogP contribution in [0.2, 0.25) is 10.0 Å². The van der Waals surface area contributed by atoms with Gasteiger partial charge in [-0.15, -0.1) is 0 Å². The second kappa shape index (κ2) is 7.55. The number of morpholine rings is 1. The average molecular weight is 396 g/mol. The van der Waals surface area contributed by atoms with Crippen molar-refractivity contribution in [3.8, 4) is 0 Å². The van der Waals surface area contributed by atoms with Gasteiger partial charge in [-0.05, 0) is 26.0 Å². The number of benzene rings is 1. The molecule has 10 heteroatoms. The van der Waals surface area contributed by atoms with Crippen LogP contribution in [0, 0.1) is 0 Å². The van der Waals surface area contributed by atoms with Gasteiger partial charge in [-0.25, -0.2) is 13.6 Å². The molecule has 1 fully saturated rings. The zero-order valence-corrected chi connectivity index (χ0v) is 15.6. The summed E-state index contributed by atoms with van der Waals surface area (Å²) in [7, 11) is -3.93. The molecular formula is C14H19Cl2N3O4S. The molecule has 0 saturated carbocycles. The van der Waals surface area contributed by atoms with Crippen LogP contribution >= 0.6 is 23.2 Å². The number of ether oxygens (including phenoxy) is 1. The van der Waals surface area contributed by atoms with Gasteiger partial charge in [0.15, 0.2) is 0 Å². The van der Waals surface area contributed by atoms with E-state index in [1.165, 1.54) is 0 Å². The molecule has 0 aliphatic carbocycles. The van der Waals surface area contributed by atoms with E-state index in [4.69, 9.17) is 33.1 Å². The fraction of sp³-hybridized carbons (Fsp3) is 0.500. The van der Waals surface area contributed by atoms with E-state index in [9.17, 15) is 13.2 Å². The molecule has 7 nitrogen and oxygen atoms in total. The first kappa shape index (κ1) is 19.4. The summed E-state index contributed by atoms with van der Waals surface area (Å²) < 4.78 is 28.3. The van der Waals surface area contributed by atoms with Crippen LogP contribution < -0.4 is 10.5 Å². The molecule has 134 valence electrons. The maximum atomic E-state index is 12.2. The Morgan fingerprint density at radius 3 is 2.25 bits per heavy atom. The highest BCUT2D eigenvalue weighted by atomic mass is 35.5. The molecule has 0 aromatic heterocycles. The third-order valence-electron chi connectivity index (χ3n) is 3.47. The Morgan fingerprint density at radius 2 is 1.79 bits per heavy atom. The number of anilines is 1. The molecule has 0 unspecified atom stereocenters. The number of hydrogen-bond acceptors (Lipinski definition) is 5. The summed E-state index contributed by atoms with van der Waals surface area (Å²) in [5.74, 6) is -0.302. The SMILES string of the molecule is C[C@@H]1CN(CC(=O)Nc2c(Cl)cc(S(N)(=O)=O)cc2Cl)C[C@H](C)O1. The van der Waals surface area contributed by atoms with Crippen molar-refractivity contribution in [2.24, 2.45) is 5.14 Å². The van der Waals surface area contributed by atoms with E-state index in [-0.39, 0.29) is 45.3 Å². The minimum absolute atomic E-state index is 0.00332. The number of nitrogens with zero attached hydrogens (tertiary/aromatic N) is 1. The molecule has 1 heterocycles. The average Bonchev–Trinajstić information content (AvgIpc) is 2.40. The maximum Gasteiger partial charge on any atom is 0.238 e. The van der Waals surface area contributed by atoms with E-state index in [1.54, 1.807) is 0 Å². The normalized spacial score (nSPS) is 22.4. The van der Waals surface area contributed by atoms with Crippen LogP contribution in [0.15, 0.2) is 17.0 Å². The highest BCUT2D eigenvalue weighted by molar-refractivity contribution is 7.89. The molecule has 2 atom stereocenters. The zero-order chi connectivity index (χ0) is 18.1. The molecule has 1 amide bonds. The summed E-state index contributed by atoms with van der Waals surface area (Å²) in [6, 6.07) is 2.30. The van der Waals surface area contributed by atoms with Crippen LogP contribution in [0.3, 0.4) is 0 Å². The van der Waals surface area contributed by atoms with Gasteiger partial charge in [0.1, 0.15) is 0 Å². The van der Waals surface area contributed by atoms with E-state index < -0.39 is 10.0 Å². The minimum atomic E-state index is -3.93. The minimum Gasteiger partial charge on any atom is -0.373 e. The van der Waals surface area contributed by atoms with Crippen molar-refractivity contribution < 1.29 is 17.9 Å². The Hall–Kier alpha value is -0.900. The molecule has 1 saturated heterocycles. The molecule has 24 heavy (non-hydrogen) atoms. The number of nitrogens with two attached hydrogens (primary N) is 1. The van der Waals surface area contributed by atoms with E-state index in [0.717, 1.165) is 12.1 Å². The van der Waals surface area contributed by atoms with Gasteiger partial charge in [-0.3, -0.25) is 9.69 Å². The van der Waals surface area contributed by atoms with Crippen molar-refractivity contribution in [2.75, 3.05) is 25.0 Å². The smallest absolute Gasteiger partial charge is 0.238 e. The van der Waals surface area contributed by atoms with Crippen molar-refractivity contribution in [3.63, 3.8) is 0 Å². The van der Waals surface area contributed by atoms with Gasteiger partial charge < -0.3 is 10.1 Å². The van der Waals surface area contributed by atoms with Gasteiger partial charge in [-0.2, -0.15) is 0 Å². The number of hydrogen-bond donors (Lipinski definition) is 2. The van der Waals surface area contributed by atoms with Gasteiger partial charge in [0.25, 0.3) is 0 Å². The Kier molecular flexibility index (Phi) is 6.11. The number of sulfonamides is 1. The molecule has 1 aliphatic heterocycles. The lowest BCUT2D eigenvalue weighted by atomic mass is 10.2. The Morgan fingerprint density at radius 1 is 1.29 bits per heavy atom. The standard InChI is InChI=1S/C14H19Cl2N3O4S/c1-8-5-19(6-9(2)23-8)7-13(20)18-14-11(15)3-10(4-12(14)16)24(17,21)22/h3-4,8-9H,5-7H2,1-2H3,(H,18,20)(H2,17,21,22)/t8-,9+. The number of rotatable bonds is 4. The molecular weight excluding hydrogens is 377 g/mol. The summed E-state index contributed by atoms with van der Waals surface area (Å²) in [6.45, 7) is 5.33. The molecule has 1 aromatic carbocycles. The lowest BCUT2D eigenvalue weighted by Crippen LogP contribution is -2.48. The largest absolute Gasteiger partial charge is 0.373 e. The van der Waals surface area contributed by atoms with Crippen LogP contribution in [-0.4, -0.2) is 51.1 Å². The maximum absolute atomic E-state index is 12.2. The lowest BCUT2D eigenvalue weighted by Gasteiger charge is -2.34. The number of primary sulfonamides is 1. The number of amides is 1. The number of carbonyl (C=O) groups excluding carboxylic acids is 1. The Bertz CT molecular complexity index is 709. The van der Waals surface area contributed by atoms with Gasteiger partial charge in [0.2, 0.25) is 15.9 Å². The quantitative estimate of drug-likeness (QED) is 0.807. The lowest BCUT2D eigenvalue weighted by molar-refractivity contribution is -0.121. The Balaban J connectivity index is 2.09. The van der Waals surface area contributed by atoms with E-state index in [0.29, 0.717) is 13.1 Å². The summed E-state index contributed by atoms with van der Waals surface area (Å²) in [4.78, 5) is 14.0. The van der Waals surface area contributed by atoms with Gasteiger partial charge >= 0.3 is 0 Å². The monoisotopic (exact) mass is 395 g/mol. The zero-order valence-electron chi connectivity index (χ0n) is 13.3. The fourth-order valence-corrected chi connectivity index (χ4v) is 3.90. The molecule has 0 spiro atoms. The van der Waals surface area contributed by atoms with E-state index in [1.807, 2.05) is 18.7 Å². The summed E-state index contributed by atoms with van der Waals surface area (Å²) >= 11 is 12.0. The highest BCUT2D eigenvalue weighted by Gasteiger charge is 2.24. The highest BCUT2D eigenvalue weighted by Crippen LogP contribution is 2.33. The number of nitrogens with one attached hydrogen (secondary N) is 1. The van der Waals surface area contributed by atoms with Crippen LogP contribution in [0.25, 0.3) is 0 Å². The first-order valence-electron chi connectivity index (χ1n) is 7.25. The van der Waals surface area contributed by atoms with E-state index in [2.05, 4.69) is 5.32 Å². The Labute approximate surface area is 151 Å². The van der Waals surface area contributed by atoms with Crippen LogP contribution in [0.1, 0.15) is 13.8 Å². The van der Waals surface area contributed by atoms with Gasteiger partial charge in [0, 0.05) is 13.1 Å². The van der Waals surface area contributed by atoms with Crippen molar-refractivity contribution in [2.45, 2.75) is 31.0 Å². The first-order valence-corrected chi connectivity index (χ1v) is 9.56. The van der Waals surface area contributed by atoms with Crippen molar-refractivity contribution in [1.82, 2.24) is 4.90 Å². The van der Waals surface area contributed by atoms with Crippen molar-refractivity contribution in [3.05, 3.63) is 22.2 Å². The van der Waals surface area contributed by atoms with Crippen LogP contribution in [0.4, 0.5) is 5.69 Å².